The second-order valence-corrected chi connectivity index (χ2v) is 5.60. The quantitative estimate of drug-likeness (QED) is 0.710. The van der Waals surface area contributed by atoms with Crippen molar-refractivity contribution in [2.24, 2.45) is 0 Å². The van der Waals surface area contributed by atoms with Crippen LogP contribution in [0.3, 0.4) is 0 Å². The lowest BCUT2D eigenvalue weighted by Crippen LogP contribution is -2.16. The summed E-state index contributed by atoms with van der Waals surface area (Å²) in [6.45, 7) is 4.33. The number of aryl methyl sites for hydroxylation is 1. The molecule has 26 heavy (non-hydrogen) atoms. The van der Waals surface area contributed by atoms with E-state index in [0.717, 1.165) is 0 Å². The van der Waals surface area contributed by atoms with Crippen molar-refractivity contribution >= 4 is 23.2 Å². The van der Waals surface area contributed by atoms with Crippen LogP contribution in [0.4, 0.5) is 5.69 Å². The van der Waals surface area contributed by atoms with Crippen molar-refractivity contribution in [3.8, 4) is 5.75 Å². The first-order chi connectivity index (χ1) is 12.5. The average molecular weight is 353 g/mol. The van der Waals surface area contributed by atoms with Crippen molar-refractivity contribution in [2.45, 2.75) is 20.3 Å². The monoisotopic (exact) mass is 353 g/mol. The molecular weight excluding hydrogens is 334 g/mol. The first kappa shape index (κ1) is 17.5. The third-order valence-electron chi connectivity index (χ3n) is 3.93. The van der Waals surface area contributed by atoms with Crippen LogP contribution in [0.1, 0.15) is 40.4 Å². The lowest BCUT2D eigenvalue weighted by molar-refractivity contribution is 0.0696. The van der Waals surface area contributed by atoms with Gasteiger partial charge in [0.1, 0.15) is 5.69 Å². The zero-order valence-corrected chi connectivity index (χ0v) is 14.5. The molecule has 0 fully saturated rings. The normalized spacial score (nSPS) is 10.7. The van der Waals surface area contributed by atoms with E-state index in [-0.39, 0.29) is 11.5 Å². The molecule has 0 unspecified atom stereocenters. The number of carboxylic acid groups (broad SMARTS) is 1. The molecule has 3 rings (SSSR count). The summed E-state index contributed by atoms with van der Waals surface area (Å²) in [7, 11) is 0. The molecule has 1 amide bonds. The number of carboxylic acids is 1. The number of hydrogen-bond acceptors (Lipinski definition) is 4. The number of amides is 1. The van der Waals surface area contributed by atoms with E-state index in [1.807, 2.05) is 19.9 Å². The molecule has 0 atom stereocenters. The number of fused-ring (bicyclic) bond motifs is 1. The first-order valence-electron chi connectivity index (χ1n) is 8.32. The van der Waals surface area contributed by atoms with Gasteiger partial charge >= 0.3 is 5.97 Å². The van der Waals surface area contributed by atoms with Gasteiger partial charge in [-0.15, -0.1) is 0 Å². The van der Waals surface area contributed by atoms with Gasteiger partial charge in [0, 0.05) is 11.9 Å². The summed E-state index contributed by atoms with van der Waals surface area (Å²) < 4.78 is 7.31. The first-order valence-corrected chi connectivity index (χ1v) is 8.32. The van der Waals surface area contributed by atoms with Gasteiger partial charge in [0.05, 0.1) is 17.9 Å². The third-order valence-corrected chi connectivity index (χ3v) is 3.93. The molecule has 134 valence electrons. The molecule has 2 N–H and O–H groups in total. The van der Waals surface area contributed by atoms with Crippen LogP contribution in [0.25, 0.3) is 5.65 Å². The van der Waals surface area contributed by atoms with Crippen LogP contribution in [-0.2, 0) is 6.42 Å². The van der Waals surface area contributed by atoms with Gasteiger partial charge in [-0.3, -0.25) is 9.20 Å². The number of nitrogens with one attached hydrogen (secondary N) is 1. The van der Waals surface area contributed by atoms with Crippen LogP contribution in [0, 0.1) is 0 Å². The van der Waals surface area contributed by atoms with Crippen molar-refractivity contribution in [3.63, 3.8) is 0 Å². The molecule has 0 aliphatic rings. The molecule has 0 radical (unpaired) electrons. The Morgan fingerprint density at radius 2 is 1.92 bits per heavy atom. The Hall–Kier alpha value is -3.35. The van der Waals surface area contributed by atoms with Crippen molar-refractivity contribution < 1.29 is 19.4 Å². The van der Waals surface area contributed by atoms with Gasteiger partial charge in [-0.05, 0) is 49.7 Å². The largest absolute Gasteiger partial charge is 0.490 e. The van der Waals surface area contributed by atoms with E-state index in [1.54, 1.807) is 28.8 Å². The summed E-state index contributed by atoms with van der Waals surface area (Å²) in [5, 5.41) is 11.7. The van der Waals surface area contributed by atoms with Gasteiger partial charge < -0.3 is 15.2 Å². The SMILES string of the molecule is CCOc1cccn2c(C(=O)Nc3ccc(C(=O)O)cc3)c(CC)nc12. The Labute approximate surface area is 150 Å². The number of benzene rings is 1. The lowest BCUT2D eigenvalue weighted by Gasteiger charge is -2.08. The highest BCUT2D eigenvalue weighted by molar-refractivity contribution is 6.04. The summed E-state index contributed by atoms with van der Waals surface area (Å²) in [5.41, 5.74) is 2.37. The minimum atomic E-state index is -1.01. The van der Waals surface area contributed by atoms with Crippen LogP contribution in [0.2, 0.25) is 0 Å². The zero-order chi connectivity index (χ0) is 18.7. The molecule has 7 nitrogen and oxygen atoms in total. The number of nitrogens with zero attached hydrogens (tertiary/aromatic N) is 2. The van der Waals surface area contributed by atoms with E-state index in [9.17, 15) is 9.59 Å². The van der Waals surface area contributed by atoms with Crippen molar-refractivity contribution in [1.29, 1.82) is 0 Å². The maximum absolute atomic E-state index is 12.8. The number of aromatic carboxylic acids is 1. The van der Waals surface area contributed by atoms with Crippen molar-refractivity contribution in [3.05, 3.63) is 59.5 Å². The van der Waals surface area contributed by atoms with E-state index in [4.69, 9.17) is 9.84 Å². The molecule has 0 aliphatic carbocycles. The fraction of sp³-hybridized carbons (Fsp3) is 0.211. The summed E-state index contributed by atoms with van der Waals surface area (Å²) >= 11 is 0. The Kier molecular flexibility index (Phi) is 4.88. The highest BCUT2D eigenvalue weighted by Crippen LogP contribution is 2.23. The van der Waals surface area contributed by atoms with Crippen LogP contribution >= 0.6 is 0 Å². The highest BCUT2D eigenvalue weighted by Gasteiger charge is 2.20. The molecule has 0 bridgehead atoms. The van der Waals surface area contributed by atoms with Crippen LogP contribution in [0.15, 0.2) is 42.6 Å². The fourth-order valence-corrected chi connectivity index (χ4v) is 2.73. The Bertz CT molecular complexity index is 961. The second kappa shape index (κ2) is 7.26. The minimum Gasteiger partial charge on any atom is -0.490 e. The molecule has 0 spiro atoms. The number of pyridine rings is 1. The lowest BCUT2D eigenvalue weighted by atomic mass is 10.2. The standard InChI is InChI=1S/C19H19N3O4/c1-3-14-16(22-11-5-6-15(26-4-2)17(22)21-14)18(23)20-13-9-7-12(8-10-13)19(24)25/h5-11H,3-4H2,1-2H3,(H,20,23)(H,24,25). The van der Waals surface area contributed by atoms with E-state index in [0.29, 0.717) is 41.5 Å². The topological polar surface area (TPSA) is 92.9 Å². The number of rotatable bonds is 6. The third kappa shape index (κ3) is 3.23. The van der Waals surface area contributed by atoms with Crippen LogP contribution in [-0.4, -0.2) is 33.0 Å². The number of carbonyl (C=O) groups is 2. The van der Waals surface area contributed by atoms with Gasteiger partial charge in [0.2, 0.25) is 0 Å². The van der Waals surface area contributed by atoms with E-state index in [1.165, 1.54) is 12.1 Å². The van der Waals surface area contributed by atoms with Gasteiger partial charge in [-0.2, -0.15) is 0 Å². The van der Waals surface area contributed by atoms with Gasteiger partial charge in [-0.1, -0.05) is 6.92 Å². The van der Waals surface area contributed by atoms with E-state index >= 15 is 0 Å². The number of ether oxygens (including phenoxy) is 1. The minimum absolute atomic E-state index is 0.161. The van der Waals surface area contributed by atoms with Crippen LogP contribution < -0.4 is 10.1 Å². The number of aromatic nitrogens is 2. The van der Waals surface area contributed by atoms with Crippen LogP contribution in [0.5, 0.6) is 5.75 Å². The summed E-state index contributed by atoms with van der Waals surface area (Å²) in [4.78, 5) is 28.3. The molecule has 7 heteroatoms. The molecule has 1 aromatic carbocycles. The Morgan fingerprint density at radius 3 is 2.54 bits per heavy atom. The van der Waals surface area contributed by atoms with Gasteiger partial charge in [0.15, 0.2) is 11.4 Å². The van der Waals surface area contributed by atoms with Gasteiger partial charge in [0.25, 0.3) is 5.91 Å². The number of imidazole rings is 1. The fourth-order valence-electron chi connectivity index (χ4n) is 2.73. The second-order valence-electron chi connectivity index (χ2n) is 5.60. The smallest absolute Gasteiger partial charge is 0.335 e. The maximum atomic E-state index is 12.8. The zero-order valence-electron chi connectivity index (χ0n) is 14.5. The summed E-state index contributed by atoms with van der Waals surface area (Å²) in [6.07, 6.45) is 2.36. The molecule has 2 aromatic heterocycles. The number of hydrogen-bond donors (Lipinski definition) is 2. The maximum Gasteiger partial charge on any atom is 0.335 e. The number of carbonyl (C=O) groups excluding carboxylic acids is 1. The molecule has 2 heterocycles. The molecule has 3 aromatic rings. The van der Waals surface area contributed by atoms with E-state index in [2.05, 4.69) is 10.3 Å². The summed E-state index contributed by atoms with van der Waals surface area (Å²) in [6, 6.07) is 9.62. The van der Waals surface area contributed by atoms with Crippen molar-refractivity contribution in [2.75, 3.05) is 11.9 Å². The average Bonchev–Trinajstić information content (AvgIpc) is 3.02. The molecule has 0 saturated heterocycles. The molecule has 0 aliphatic heterocycles. The molecular formula is C19H19N3O4. The number of anilines is 1. The Morgan fingerprint density at radius 1 is 1.19 bits per heavy atom. The predicted molar refractivity (Wildman–Crippen MR) is 97.1 cm³/mol. The Balaban J connectivity index is 1.97. The predicted octanol–water partition coefficient (Wildman–Crippen LogP) is 3.25. The molecule has 0 saturated carbocycles. The van der Waals surface area contributed by atoms with Crippen molar-refractivity contribution in [1.82, 2.24) is 9.38 Å². The van der Waals surface area contributed by atoms with E-state index < -0.39 is 5.97 Å². The highest BCUT2D eigenvalue weighted by atomic mass is 16.5. The van der Waals surface area contributed by atoms with Gasteiger partial charge in [-0.25, -0.2) is 9.78 Å². The summed E-state index contributed by atoms with van der Waals surface area (Å²) in [5.74, 6) is -0.706.